The third-order valence-corrected chi connectivity index (χ3v) is 11.7. The van der Waals surface area contributed by atoms with Crippen LogP contribution in [0.5, 0.6) is 0 Å². The van der Waals surface area contributed by atoms with E-state index < -0.39 is 92.2 Å². The van der Waals surface area contributed by atoms with Crippen LogP contribution >= 0.6 is 0 Å². The number of likely N-dealkylation sites (N-methyl/N-ethyl adjacent to an activating group) is 1. The van der Waals surface area contributed by atoms with E-state index in [1.165, 1.54) is 24.1 Å². The van der Waals surface area contributed by atoms with E-state index in [-0.39, 0.29) is 39.0 Å². The fourth-order valence-electron chi connectivity index (χ4n) is 6.75. The number of alkyl carbamates (subject to hydrolysis) is 1. The minimum Gasteiger partial charge on any atom is -0.444 e. The van der Waals surface area contributed by atoms with Crippen LogP contribution in [-0.2, 0) is 51.8 Å². The van der Waals surface area contributed by atoms with Gasteiger partial charge in [-0.05, 0) is 63.7 Å². The van der Waals surface area contributed by atoms with Crippen molar-refractivity contribution in [3.05, 3.63) is 47.8 Å². The third kappa shape index (κ3) is 8.91. The number of rotatable bonds is 12. The van der Waals surface area contributed by atoms with Crippen molar-refractivity contribution in [1.82, 2.24) is 30.1 Å². The summed E-state index contributed by atoms with van der Waals surface area (Å²) in [5.41, 5.74) is -1.55. The van der Waals surface area contributed by atoms with E-state index in [9.17, 15) is 41.6 Å². The van der Waals surface area contributed by atoms with Gasteiger partial charge in [0, 0.05) is 25.6 Å². The molecule has 1 saturated heterocycles. The Bertz CT molecular complexity index is 1800. The van der Waals surface area contributed by atoms with Crippen LogP contribution in [0.3, 0.4) is 0 Å². The number of ether oxygens (including phenoxy) is 2. The molecule has 2 aliphatic carbocycles. The summed E-state index contributed by atoms with van der Waals surface area (Å²) in [5.74, 6) is -3.94. The second kappa shape index (κ2) is 14.9. The summed E-state index contributed by atoms with van der Waals surface area (Å²) in [7, 11) is -2.56. The van der Waals surface area contributed by atoms with Gasteiger partial charge in [-0.2, -0.15) is 0 Å². The molecule has 0 bridgehead atoms. The van der Waals surface area contributed by atoms with E-state index >= 15 is 0 Å². The molecule has 0 aromatic heterocycles. The van der Waals surface area contributed by atoms with Crippen LogP contribution in [0.15, 0.2) is 30.9 Å². The van der Waals surface area contributed by atoms with E-state index in [4.69, 9.17) is 9.47 Å². The number of sulfonamides is 1. The topological polar surface area (TPSA) is 201 Å². The maximum absolute atomic E-state index is 14.4. The van der Waals surface area contributed by atoms with Gasteiger partial charge in [0.15, 0.2) is 0 Å². The highest BCUT2D eigenvalue weighted by Gasteiger charge is 2.62. The first-order valence-electron chi connectivity index (χ1n) is 17.6. The molecule has 3 N–H and O–H groups in total. The van der Waals surface area contributed by atoms with E-state index in [1.54, 1.807) is 33.8 Å². The molecule has 53 heavy (non-hydrogen) atoms. The fraction of sp³-hybridized carbons (Fsp3) is 0.600. The molecule has 1 aromatic carbocycles. The molecule has 5 rings (SSSR count). The van der Waals surface area contributed by atoms with Gasteiger partial charge in [-0.3, -0.25) is 28.8 Å². The molecule has 0 spiro atoms. The monoisotopic (exact) mass is 762 g/mol. The van der Waals surface area contributed by atoms with E-state index in [2.05, 4.69) is 21.9 Å². The Kier molecular flexibility index (Phi) is 11.1. The molecule has 2 saturated carbocycles. The highest BCUT2D eigenvalue weighted by Crippen LogP contribution is 2.47. The number of nitrogens with zero attached hydrogens (tertiary/aromatic N) is 3. The number of hydrogen-bond acceptors (Lipinski definition) is 10. The SMILES string of the molecule is C=CC(=O)N(C)C[C@H](NC(=O)OC(C)(C)C)C(=O)N1C[C@H](OC(=O)N2Cc3cccc(F)c3C2)CC1C(=O)N[C@]1(C(=O)NS(=O)(=O)C2CC2)C[C@H]1CC. The van der Waals surface area contributed by atoms with Gasteiger partial charge in [0.05, 0.1) is 24.9 Å². The van der Waals surface area contributed by atoms with Gasteiger partial charge in [0.2, 0.25) is 27.7 Å². The summed E-state index contributed by atoms with van der Waals surface area (Å²) < 4.78 is 53.0. The zero-order valence-electron chi connectivity index (χ0n) is 30.5. The van der Waals surface area contributed by atoms with Crippen LogP contribution in [-0.4, -0.2) is 114 Å². The Hall–Kier alpha value is -4.74. The molecular weight excluding hydrogens is 715 g/mol. The predicted octanol–water partition coefficient (Wildman–Crippen LogP) is 1.68. The quantitative estimate of drug-likeness (QED) is 0.263. The van der Waals surface area contributed by atoms with Gasteiger partial charge < -0.3 is 29.9 Å². The van der Waals surface area contributed by atoms with Crippen molar-refractivity contribution in [2.45, 2.75) is 107 Å². The van der Waals surface area contributed by atoms with Crippen LogP contribution in [0.2, 0.25) is 0 Å². The first-order valence-corrected chi connectivity index (χ1v) is 19.1. The summed E-state index contributed by atoms with van der Waals surface area (Å²) in [4.78, 5) is 84.1. The van der Waals surface area contributed by atoms with Crippen molar-refractivity contribution >= 4 is 45.8 Å². The lowest BCUT2D eigenvalue weighted by molar-refractivity contribution is -0.142. The number of halogens is 1. The Morgan fingerprint density at radius 3 is 2.43 bits per heavy atom. The molecule has 290 valence electrons. The van der Waals surface area contributed by atoms with Gasteiger partial charge in [0.25, 0.3) is 5.91 Å². The average Bonchev–Trinajstić information content (AvgIpc) is 3.97. The number of amides is 6. The molecule has 0 radical (unpaired) electrons. The molecule has 2 heterocycles. The fourth-order valence-corrected chi connectivity index (χ4v) is 8.12. The van der Waals surface area contributed by atoms with E-state index in [1.807, 2.05) is 0 Å². The first-order chi connectivity index (χ1) is 24.8. The lowest BCUT2D eigenvalue weighted by Crippen LogP contribution is -2.60. The Balaban J connectivity index is 1.40. The summed E-state index contributed by atoms with van der Waals surface area (Å²) >= 11 is 0. The van der Waals surface area contributed by atoms with Crippen LogP contribution in [0.25, 0.3) is 0 Å². The minimum absolute atomic E-state index is 0.0501. The van der Waals surface area contributed by atoms with Crippen molar-refractivity contribution in [2.75, 3.05) is 20.1 Å². The summed E-state index contributed by atoms with van der Waals surface area (Å²) in [6, 6.07) is 1.70. The molecule has 1 aromatic rings. The van der Waals surface area contributed by atoms with Gasteiger partial charge in [0.1, 0.15) is 35.1 Å². The number of nitrogens with one attached hydrogen (secondary N) is 3. The summed E-state index contributed by atoms with van der Waals surface area (Å²) in [6.07, 6.45) is -0.624. The molecule has 16 nitrogen and oxygen atoms in total. The van der Waals surface area contributed by atoms with Crippen molar-refractivity contribution in [1.29, 1.82) is 0 Å². The summed E-state index contributed by atoms with van der Waals surface area (Å²) in [6.45, 7) is 9.44. The molecular formula is C35H47FN6O10S. The highest BCUT2D eigenvalue weighted by atomic mass is 32.2. The Morgan fingerprint density at radius 2 is 1.85 bits per heavy atom. The normalized spacial score (nSPS) is 24.0. The number of carbonyl (C=O) groups is 6. The molecule has 3 fully saturated rings. The molecule has 2 aliphatic heterocycles. The maximum atomic E-state index is 14.4. The number of carbonyl (C=O) groups excluding carboxylic acids is 6. The van der Waals surface area contributed by atoms with Crippen LogP contribution in [0.1, 0.15) is 70.9 Å². The Labute approximate surface area is 307 Å². The second-order valence-corrected chi connectivity index (χ2v) is 17.0. The minimum atomic E-state index is -3.94. The van der Waals surface area contributed by atoms with E-state index in [0.29, 0.717) is 30.4 Å². The zero-order valence-corrected chi connectivity index (χ0v) is 31.3. The number of hydrogen-bond donors (Lipinski definition) is 3. The van der Waals surface area contributed by atoms with Crippen molar-refractivity contribution in [3.8, 4) is 0 Å². The standard InChI is InChI=1S/C35H47FN6O10S/c1-7-21-15-35(21,31(46)39-53(49,50)23-12-13-23)38-29(44)27-14-22(51-33(48)41-16-20-10-9-11-25(36)24(20)18-41)17-42(27)30(45)26(19-40(6)28(43)8-2)37-32(47)52-34(3,4)5/h8-11,21-23,26-27H,2,7,12-19H2,1,3-6H3,(H,37,47)(H,38,44)(H,39,46)/t21-,22-,26+,27?,35-/m1/s1. The summed E-state index contributed by atoms with van der Waals surface area (Å²) in [5, 5.41) is 4.51. The van der Waals surface area contributed by atoms with Crippen molar-refractivity contribution < 1.29 is 51.0 Å². The van der Waals surface area contributed by atoms with Gasteiger partial charge in [-0.25, -0.2) is 22.4 Å². The van der Waals surface area contributed by atoms with Crippen molar-refractivity contribution in [2.24, 2.45) is 5.92 Å². The smallest absolute Gasteiger partial charge is 0.410 e. The van der Waals surface area contributed by atoms with Crippen molar-refractivity contribution in [3.63, 3.8) is 0 Å². The predicted molar refractivity (Wildman–Crippen MR) is 186 cm³/mol. The second-order valence-electron chi connectivity index (χ2n) is 15.0. The maximum Gasteiger partial charge on any atom is 0.410 e. The highest BCUT2D eigenvalue weighted by molar-refractivity contribution is 7.91. The van der Waals surface area contributed by atoms with Gasteiger partial charge in [-0.15, -0.1) is 0 Å². The molecule has 18 heteroatoms. The number of benzene rings is 1. The Morgan fingerprint density at radius 1 is 1.15 bits per heavy atom. The first kappa shape index (κ1) is 39.5. The van der Waals surface area contributed by atoms with Gasteiger partial charge in [-0.1, -0.05) is 32.1 Å². The number of fused-ring (bicyclic) bond motifs is 1. The van der Waals surface area contributed by atoms with Crippen LogP contribution in [0.4, 0.5) is 14.0 Å². The van der Waals surface area contributed by atoms with Crippen LogP contribution < -0.4 is 15.4 Å². The lowest BCUT2D eigenvalue weighted by Gasteiger charge is -2.31. The molecule has 5 atom stereocenters. The average molecular weight is 763 g/mol. The molecule has 6 amide bonds. The lowest BCUT2D eigenvalue weighted by atomic mass is 10.1. The molecule has 1 unspecified atom stereocenters. The largest absolute Gasteiger partial charge is 0.444 e. The third-order valence-electron chi connectivity index (χ3n) is 9.84. The van der Waals surface area contributed by atoms with Gasteiger partial charge >= 0.3 is 12.2 Å². The zero-order chi connectivity index (χ0) is 39.0. The molecule has 4 aliphatic rings. The van der Waals surface area contributed by atoms with E-state index in [0.717, 1.165) is 15.9 Å². The van der Waals surface area contributed by atoms with Crippen LogP contribution in [0, 0.1) is 11.7 Å². The number of likely N-dealkylation sites (tertiary alicyclic amines) is 1.